The molecule has 0 atom stereocenters. The van der Waals surface area contributed by atoms with Crippen molar-refractivity contribution in [1.29, 1.82) is 0 Å². The Hall–Kier alpha value is 0.110. The molecule has 0 saturated heterocycles. The molecule has 18 heavy (non-hydrogen) atoms. The average molecular weight is 280 g/mol. The summed E-state index contributed by atoms with van der Waals surface area (Å²) >= 11 is 0. The van der Waals surface area contributed by atoms with Crippen LogP contribution in [-0.2, 0) is 18.3 Å². The fourth-order valence-corrected chi connectivity index (χ4v) is 2.62. The molecule has 0 spiro atoms. The summed E-state index contributed by atoms with van der Waals surface area (Å²) in [5, 5.41) is 0. The number of hydrogen-bond acceptors (Lipinski definition) is 4. The molecule has 110 valence electrons. The molecule has 4 nitrogen and oxygen atoms in total. The first-order chi connectivity index (χ1) is 8.68. The summed E-state index contributed by atoms with van der Waals surface area (Å²) in [7, 11) is -3.04. The van der Waals surface area contributed by atoms with Gasteiger partial charge in [0.1, 0.15) is 6.35 Å². The van der Waals surface area contributed by atoms with E-state index < -0.39 is 7.60 Å². The van der Waals surface area contributed by atoms with Gasteiger partial charge in [-0.3, -0.25) is 4.57 Å². The molecule has 0 rings (SSSR count). The van der Waals surface area contributed by atoms with Crippen LogP contribution in [0.15, 0.2) is 0 Å². The zero-order valence-corrected chi connectivity index (χ0v) is 13.0. The Bertz CT molecular complexity index is 207. The normalized spacial score (nSPS) is 11.9. The van der Waals surface area contributed by atoms with Crippen LogP contribution in [0.2, 0.25) is 0 Å². The molecule has 0 aromatic heterocycles. The monoisotopic (exact) mass is 280 g/mol. The van der Waals surface area contributed by atoms with Gasteiger partial charge < -0.3 is 13.8 Å². The maximum Gasteiger partial charge on any atom is 0.356 e. The lowest BCUT2D eigenvalue weighted by atomic mass is 10.4. The standard InChI is InChI=1S/C13H29O4P/c1-4-7-10-15-13-18(14,16-11-8-5-2)17-12-9-6-3/h4-13H2,1-3H3. The molecule has 0 fully saturated rings. The quantitative estimate of drug-likeness (QED) is 0.366. The lowest BCUT2D eigenvalue weighted by Gasteiger charge is -2.18. The first-order valence-corrected chi connectivity index (χ1v) is 8.87. The van der Waals surface area contributed by atoms with Gasteiger partial charge in [0.25, 0.3) is 0 Å². The van der Waals surface area contributed by atoms with Crippen molar-refractivity contribution in [3.05, 3.63) is 0 Å². The second-order valence-corrected chi connectivity index (χ2v) is 6.37. The highest BCUT2D eigenvalue weighted by atomic mass is 31.2. The van der Waals surface area contributed by atoms with Crippen LogP contribution in [0.4, 0.5) is 0 Å². The number of hydrogen-bond donors (Lipinski definition) is 0. The van der Waals surface area contributed by atoms with Gasteiger partial charge in [-0.1, -0.05) is 40.0 Å². The fourth-order valence-electron chi connectivity index (χ4n) is 1.23. The molecule has 0 radical (unpaired) electrons. The van der Waals surface area contributed by atoms with Gasteiger partial charge in [0.2, 0.25) is 0 Å². The van der Waals surface area contributed by atoms with Crippen LogP contribution in [-0.4, -0.2) is 26.2 Å². The van der Waals surface area contributed by atoms with E-state index in [0.717, 1.165) is 38.5 Å². The van der Waals surface area contributed by atoms with Crippen molar-refractivity contribution in [3.63, 3.8) is 0 Å². The molecule has 0 amide bonds. The van der Waals surface area contributed by atoms with Crippen LogP contribution in [0.5, 0.6) is 0 Å². The largest absolute Gasteiger partial charge is 0.369 e. The van der Waals surface area contributed by atoms with Gasteiger partial charge in [0, 0.05) is 6.61 Å². The Balaban J connectivity index is 3.99. The molecule has 0 saturated carbocycles. The molecule has 0 aliphatic heterocycles. The molecule has 5 heteroatoms. The minimum atomic E-state index is -3.04. The maximum absolute atomic E-state index is 12.4. The zero-order chi connectivity index (χ0) is 13.7. The van der Waals surface area contributed by atoms with Crippen LogP contribution in [0, 0.1) is 0 Å². The van der Waals surface area contributed by atoms with Gasteiger partial charge in [-0.25, -0.2) is 0 Å². The Morgan fingerprint density at radius 2 is 1.22 bits per heavy atom. The van der Waals surface area contributed by atoms with Gasteiger partial charge in [-0.15, -0.1) is 0 Å². The summed E-state index contributed by atoms with van der Waals surface area (Å²) in [6, 6.07) is 0. The highest BCUT2D eigenvalue weighted by molar-refractivity contribution is 7.53. The van der Waals surface area contributed by atoms with E-state index in [4.69, 9.17) is 13.8 Å². The fraction of sp³-hybridized carbons (Fsp3) is 1.00. The third-order valence-electron chi connectivity index (χ3n) is 2.46. The Morgan fingerprint density at radius 1 is 0.778 bits per heavy atom. The third-order valence-corrected chi connectivity index (χ3v) is 4.11. The second kappa shape index (κ2) is 12.2. The van der Waals surface area contributed by atoms with Gasteiger partial charge in [0.15, 0.2) is 0 Å². The predicted molar refractivity (Wildman–Crippen MR) is 75.1 cm³/mol. The van der Waals surface area contributed by atoms with Crippen molar-refractivity contribution in [2.24, 2.45) is 0 Å². The Kier molecular flexibility index (Phi) is 12.2. The lowest BCUT2D eigenvalue weighted by Crippen LogP contribution is -2.06. The van der Waals surface area contributed by atoms with E-state index in [0.29, 0.717) is 19.8 Å². The van der Waals surface area contributed by atoms with Crippen molar-refractivity contribution >= 4 is 7.60 Å². The summed E-state index contributed by atoms with van der Waals surface area (Å²) in [5.74, 6) is 0. The van der Waals surface area contributed by atoms with Gasteiger partial charge >= 0.3 is 7.60 Å². The predicted octanol–water partition coefficient (Wildman–Crippen LogP) is 4.59. The van der Waals surface area contributed by atoms with Gasteiger partial charge in [0.05, 0.1) is 13.2 Å². The minimum absolute atomic E-state index is 0.0838. The molecule has 0 N–H and O–H groups in total. The van der Waals surface area contributed by atoms with Crippen LogP contribution in [0.3, 0.4) is 0 Å². The van der Waals surface area contributed by atoms with Crippen molar-refractivity contribution < 1.29 is 18.3 Å². The van der Waals surface area contributed by atoms with Crippen LogP contribution in [0.25, 0.3) is 0 Å². The Morgan fingerprint density at radius 3 is 1.67 bits per heavy atom. The molecule has 0 aliphatic rings. The summed E-state index contributed by atoms with van der Waals surface area (Å²) < 4.78 is 28.6. The van der Waals surface area contributed by atoms with E-state index in [9.17, 15) is 4.57 Å². The number of ether oxygens (including phenoxy) is 1. The number of unbranched alkanes of at least 4 members (excludes halogenated alkanes) is 3. The molecular formula is C13H29O4P. The maximum atomic E-state index is 12.4. The van der Waals surface area contributed by atoms with E-state index >= 15 is 0 Å². The van der Waals surface area contributed by atoms with E-state index in [1.54, 1.807) is 0 Å². The van der Waals surface area contributed by atoms with E-state index in [1.807, 2.05) is 0 Å². The highest BCUT2D eigenvalue weighted by Gasteiger charge is 2.24. The average Bonchev–Trinajstić information content (AvgIpc) is 2.36. The minimum Gasteiger partial charge on any atom is -0.369 e. The summed E-state index contributed by atoms with van der Waals surface area (Å²) in [4.78, 5) is 0. The third kappa shape index (κ3) is 10.1. The van der Waals surface area contributed by atoms with Crippen LogP contribution >= 0.6 is 7.60 Å². The van der Waals surface area contributed by atoms with Crippen LogP contribution in [0.1, 0.15) is 59.3 Å². The molecular weight excluding hydrogens is 251 g/mol. The number of rotatable bonds is 13. The second-order valence-electron chi connectivity index (χ2n) is 4.38. The topological polar surface area (TPSA) is 44.8 Å². The van der Waals surface area contributed by atoms with Crippen molar-refractivity contribution in [2.45, 2.75) is 59.3 Å². The molecule has 0 unspecified atom stereocenters. The smallest absolute Gasteiger partial charge is 0.356 e. The highest BCUT2D eigenvalue weighted by Crippen LogP contribution is 2.48. The van der Waals surface area contributed by atoms with Crippen LogP contribution < -0.4 is 0 Å². The van der Waals surface area contributed by atoms with E-state index in [-0.39, 0.29) is 6.35 Å². The van der Waals surface area contributed by atoms with Gasteiger partial charge in [-0.2, -0.15) is 0 Å². The summed E-state index contributed by atoms with van der Waals surface area (Å²) in [5.41, 5.74) is 0. The summed E-state index contributed by atoms with van der Waals surface area (Å²) in [6.45, 7) is 7.83. The first-order valence-electron chi connectivity index (χ1n) is 7.14. The molecule has 0 heterocycles. The molecule has 0 aliphatic carbocycles. The molecule has 0 aromatic rings. The zero-order valence-electron chi connectivity index (χ0n) is 12.2. The van der Waals surface area contributed by atoms with Crippen molar-refractivity contribution in [1.82, 2.24) is 0 Å². The van der Waals surface area contributed by atoms with Gasteiger partial charge in [-0.05, 0) is 19.3 Å². The first kappa shape index (κ1) is 18.1. The lowest BCUT2D eigenvalue weighted by molar-refractivity contribution is 0.124. The van der Waals surface area contributed by atoms with E-state index in [2.05, 4.69) is 20.8 Å². The van der Waals surface area contributed by atoms with E-state index in [1.165, 1.54) is 0 Å². The molecule has 0 bridgehead atoms. The Labute approximate surface area is 112 Å². The SMILES string of the molecule is CCCCOCP(=O)(OCCCC)OCCCC. The van der Waals surface area contributed by atoms with Crippen molar-refractivity contribution in [3.8, 4) is 0 Å². The molecule has 0 aromatic carbocycles. The summed E-state index contributed by atoms with van der Waals surface area (Å²) in [6.07, 6.45) is 5.96. The van der Waals surface area contributed by atoms with Crippen molar-refractivity contribution in [2.75, 3.05) is 26.2 Å².